The zero-order valence-electron chi connectivity index (χ0n) is 15.5. The molecule has 3 rings (SSSR count). The number of nitrogens with one attached hydrogen (secondary N) is 1. The highest BCUT2D eigenvalue weighted by atomic mass is 19.1. The van der Waals surface area contributed by atoms with Gasteiger partial charge in [0.05, 0.1) is 11.0 Å². The first-order valence-electron chi connectivity index (χ1n) is 8.98. The molecule has 0 fully saturated rings. The van der Waals surface area contributed by atoms with Crippen molar-refractivity contribution in [3.05, 3.63) is 106 Å². The molecule has 29 heavy (non-hydrogen) atoms. The molecule has 0 bridgehead atoms. The first-order valence-corrected chi connectivity index (χ1v) is 8.98. The van der Waals surface area contributed by atoms with Crippen LogP contribution in [0.15, 0.2) is 78.9 Å². The van der Waals surface area contributed by atoms with Gasteiger partial charge in [-0.25, -0.2) is 4.39 Å². The Kier molecular flexibility index (Phi) is 6.52. The highest BCUT2D eigenvalue weighted by Gasteiger charge is 2.19. The summed E-state index contributed by atoms with van der Waals surface area (Å²) < 4.78 is 18.6. The second kappa shape index (κ2) is 9.45. The summed E-state index contributed by atoms with van der Waals surface area (Å²) >= 11 is 0. The predicted octanol–water partition coefficient (Wildman–Crippen LogP) is 4.21. The molecular formula is C22H19FN2O4. The summed E-state index contributed by atoms with van der Waals surface area (Å²) in [6.45, 7) is -0.470. The molecule has 0 saturated carbocycles. The molecule has 0 heterocycles. The molecule has 3 aromatic rings. The number of rotatable bonds is 8. The number of carbonyl (C=O) groups is 1. The van der Waals surface area contributed by atoms with Crippen LogP contribution >= 0.6 is 0 Å². The fraction of sp³-hybridized carbons (Fsp3) is 0.136. The molecule has 1 amide bonds. The Bertz CT molecular complexity index is 981. The molecule has 0 radical (unpaired) electrons. The maximum absolute atomic E-state index is 13.4. The van der Waals surface area contributed by atoms with Crippen LogP contribution in [0.4, 0.5) is 10.1 Å². The Balaban J connectivity index is 1.71. The van der Waals surface area contributed by atoms with E-state index in [0.717, 1.165) is 29.3 Å². The summed E-state index contributed by atoms with van der Waals surface area (Å²) in [5, 5.41) is 13.9. The van der Waals surface area contributed by atoms with E-state index in [1.165, 1.54) is 0 Å². The number of ether oxygens (including phenoxy) is 1. The highest BCUT2D eigenvalue weighted by Crippen LogP contribution is 2.27. The van der Waals surface area contributed by atoms with Crippen LogP contribution in [0, 0.1) is 15.9 Å². The van der Waals surface area contributed by atoms with Crippen LogP contribution in [0.3, 0.4) is 0 Å². The van der Waals surface area contributed by atoms with E-state index in [2.05, 4.69) is 5.32 Å². The smallest absolute Gasteiger partial charge is 0.311 e. The van der Waals surface area contributed by atoms with Gasteiger partial charge in [0.2, 0.25) is 5.75 Å². The summed E-state index contributed by atoms with van der Waals surface area (Å²) in [6.07, 6.45) is 0.566. The summed E-state index contributed by atoms with van der Waals surface area (Å²) in [5.74, 6) is -1.44. The van der Waals surface area contributed by atoms with Crippen LogP contribution < -0.4 is 10.1 Å². The van der Waals surface area contributed by atoms with E-state index in [0.29, 0.717) is 6.42 Å². The minimum Gasteiger partial charge on any atom is -0.477 e. The summed E-state index contributed by atoms with van der Waals surface area (Å²) in [5.41, 5.74) is 1.56. The lowest BCUT2D eigenvalue weighted by atomic mass is 9.99. The van der Waals surface area contributed by atoms with E-state index in [4.69, 9.17) is 4.74 Å². The summed E-state index contributed by atoms with van der Waals surface area (Å²) in [7, 11) is 0. The summed E-state index contributed by atoms with van der Waals surface area (Å²) in [4.78, 5) is 22.8. The van der Waals surface area contributed by atoms with Crippen LogP contribution in [-0.4, -0.2) is 17.4 Å². The zero-order chi connectivity index (χ0) is 20.6. The third kappa shape index (κ3) is 5.62. The lowest BCUT2D eigenvalue weighted by Gasteiger charge is -2.19. The van der Waals surface area contributed by atoms with Gasteiger partial charge in [0.1, 0.15) is 5.82 Å². The molecule has 148 valence electrons. The lowest BCUT2D eigenvalue weighted by molar-refractivity contribution is -0.385. The van der Waals surface area contributed by atoms with E-state index in [1.807, 2.05) is 60.7 Å². The quantitative estimate of drug-likeness (QED) is 0.458. The first kappa shape index (κ1) is 20.0. The lowest BCUT2D eigenvalue weighted by Crippen LogP contribution is -2.33. The van der Waals surface area contributed by atoms with E-state index >= 15 is 0 Å². The standard InChI is InChI=1S/C22H19FN2O4/c23-18-11-12-20(25(27)28)21(14-18)29-15-22(26)24-19(17-9-5-2-6-10-17)13-16-7-3-1-4-8-16/h1-12,14,19H,13,15H2,(H,24,26)/t19-/m0/s1. The Morgan fingerprint density at radius 2 is 1.69 bits per heavy atom. The Labute approximate surface area is 167 Å². The van der Waals surface area contributed by atoms with Crippen molar-refractivity contribution in [3.8, 4) is 5.75 Å². The van der Waals surface area contributed by atoms with Gasteiger partial charge >= 0.3 is 5.69 Å². The Morgan fingerprint density at radius 3 is 2.34 bits per heavy atom. The van der Waals surface area contributed by atoms with Gasteiger partial charge in [0, 0.05) is 12.1 Å². The second-order valence-electron chi connectivity index (χ2n) is 6.38. The number of halogens is 1. The average molecular weight is 394 g/mol. The van der Waals surface area contributed by atoms with Crippen molar-refractivity contribution in [1.82, 2.24) is 5.32 Å². The largest absolute Gasteiger partial charge is 0.477 e. The molecule has 3 aromatic carbocycles. The Morgan fingerprint density at radius 1 is 1.03 bits per heavy atom. The maximum atomic E-state index is 13.4. The molecule has 0 aliphatic carbocycles. The average Bonchev–Trinajstić information content (AvgIpc) is 2.73. The number of nitrogens with zero attached hydrogens (tertiary/aromatic N) is 1. The van der Waals surface area contributed by atoms with Crippen molar-refractivity contribution in [2.45, 2.75) is 12.5 Å². The van der Waals surface area contributed by atoms with E-state index in [1.54, 1.807) is 0 Å². The minimum atomic E-state index is -0.686. The maximum Gasteiger partial charge on any atom is 0.311 e. The van der Waals surface area contributed by atoms with Crippen LogP contribution in [0.2, 0.25) is 0 Å². The van der Waals surface area contributed by atoms with Crippen LogP contribution in [0.1, 0.15) is 17.2 Å². The molecule has 0 aliphatic rings. The van der Waals surface area contributed by atoms with Crippen molar-refractivity contribution in [3.63, 3.8) is 0 Å². The molecule has 0 saturated heterocycles. The van der Waals surface area contributed by atoms with Crippen molar-refractivity contribution in [2.75, 3.05) is 6.61 Å². The summed E-state index contributed by atoms with van der Waals surface area (Å²) in [6, 6.07) is 21.7. The van der Waals surface area contributed by atoms with Gasteiger partial charge in [-0.2, -0.15) is 0 Å². The number of amides is 1. The third-order valence-corrected chi connectivity index (χ3v) is 4.30. The number of hydrogen-bond acceptors (Lipinski definition) is 4. The second-order valence-corrected chi connectivity index (χ2v) is 6.38. The van der Waals surface area contributed by atoms with Gasteiger partial charge in [0.25, 0.3) is 5.91 Å². The molecule has 0 spiro atoms. The van der Waals surface area contributed by atoms with E-state index in [-0.39, 0.29) is 11.8 Å². The third-order valence-electron chi connectivity index (χ3n) is 4.30. The van der Waals surface area contributed by atoms with Crippen molar-refractivity contribution in [1.29, 1.82) is 0 Å². The van der Waals surface area contributed by atoms with Crippen LogP contribution in [-0.2, 0) is 11.2 Å². The molecule has 1 atom stereocenters. The number of nitro benzene ring substituents is 1. The normalized spacial score (nSPS) is 11.5. The van der Waals surface area contributed by atoms with Crippen molar-refractivity contribution >= 4 is 11.6 Å². The monoisotopic (exact) mass is 394 g/mol. The van der Waals surface area contributed by atoms with E-state index in [9.17, 15) is 19.3 Å². The van der Waals surface area contributed by atoms with Gasteiger partial charge in [0.15, 0.2) is 6.61 Å². The molecular weight excluding hydrogens is 375 g/mol. The van der Waals surface area contributed by atoms with Gasteiger partial charge < -0.3 is 10.1 Å². The molecule has 0 aliphatic heterocycles. The molecule has 0 unspecified atom stereocenters. The number of hydrogen-bond donors (Lipinski definition) is 1. The predicted molar refractivity (Wildman–Crippen MR) is 106 cm³/mol. The number of nitro groups is 1. The zero-order valence-corrected chi connectivity index (χ0v) is 15.5. The molecule has 6 nitrogen and oxygen atoms in total. The molecule has 0 aromatic heterocycles. The topological polar surface area (TPSA) is 81.5 Å². The van der Waals surface area contributed by atoms with Gasteiger partial charge in [-0.1, -0.05) is 60.7 Å². The van der Waals surface area contributed by atoms with E-state index < -0.39 is 28.9 Å². The van der Waals surface area contributed by atoms with Crippen LogP contribution in [0.25, 0.3) is 0 Å². The molecule has 7 heteroatoms. The molecule has 1 N–H and O–H groups in total. The number of carbonyl (C=O) groups excluding carboxylic acids is 1. The van der Waals surface area contributed by atoms with Gasteiger partial charge in [-0.3, -0.25) is 14.9 Å². The SMILES string of the molecule is O=C(COc1cc(F)ccc1[N+](=O)[O-])N[C@@H](Cc1ccccc1)c1ccccc1. The minimum absolute atomic E-state index is 0.288. The van der Waals surface area contributed by atoms with Crippen molar-refractivity contribution < 1.29 is 18.8 Å². The highest BCUT2D eigenvalue weighted by molar-refractivity contribution is 5.78. The Hall–Kier alpha value is -3.74. The first-order chi connectivity index (χ1) is 14.0. The van der Waals surface area contributed by atoms with Crippen LogP contribution in [0.5, 0.6) is 5.75 Å². The van der Waals surface area contributed by atoms with Gasteiger partial charge in [-0.15, -0.1) is 0 Å². The fourth-order valence-corrected chi connectivity index (χ4v) is 2.92. The van der Waals surface area contributed by atoms with Gasteiger partial charge in [-0.05, 0) is 23.6 Å². The van der Waals surface area contributed by atoms with Crippen molar-refractivity contribution in [2.24, 2.45) is 0 Å². The fourth-order valence-electron chi connectivity index (χ4n) is 2.92. The number of benzene rings is 3.